The molecule has 5 nitrogen and oxygen atoms in total. The molecule has 0 aliphatic carbocycles. The quantitative estimate of drug-likeness (QED) is 0.159. The highest BCUT2D eigenvalue weighted by atomic mass is 79.9. The first-order chi connectivity index (χ1) is 17.3. The fourth-order valence-corrected chi connectivity index (χ4v) is 7.34. The third kappa shape index (κ3) is 6.14. The van der Waals surface area contributed by atoms with Crippen molar-refractivity contribution >= 4 is 67.1 Å². The van der Waals surface area contributed by atoms with E-state index in [1.165, 1.54) is 0 Å². The van der Waals surface area contributed by atoms with Crippen LogP contribution in [0.2, 0.25) is 19.6 Å². The minimum absolute atomic E-state index is 0.230. The van der Waals surface area contributed by atoms with Crippen molar-refractivity contribution in [2.75, 3.05) is 0 Å². The van der Waals surface area contributed by atoms with Gasteiger partial charge in [0, 0.05) is 15.4 Å². The number of fused-ring (bicyclic) bond motifs is 1. The molecule has 2 atom stereocenters. The molecule has 0 radical (unpaired) electrons. The molecule has 4 aromatic rings. The van der Waals surface area contributed by atoms with Crippen LogP contribution in [0.4, 0.5) is 4.39 Å². The Morgan fingerprint density at radius 1 is 1.14 bits per heavy atom. The number of benzene rings is 2. The summed E-state index contributed by atoms with van der Waals surface area (Å²) in [5.74, 6) is -0.486. The second-order valence-corrected chi connectivity index (χ2v) is 19.4. The van der Waals surface area contributed by atoms with Gasteiger partial charge in [-0.05, 0) is 83.6 Å². The number of halogens is 3. The largest absolute Gasteiger partial charge is 0.356 e. The van der Waals surface area contributed by atoms with Crippen molar-refractivity contribution in [2.24, 2.45) is 5.14 Å². The second-order valence-electron chi connectivity index (χ2n) is 10.9. The van der Waals surface area contributed by atoms with E-state index in [1.807, 2.05) is 56.3 Å². The SMILES string of the molecule is CC(C)(C[C@H](Cc1nc(Br)cc([Si](C)(C)C)c1F)c1ccccc1-c1noc2cc(Br)ccc12)S(N)=O. The zero-order valence-corrected chi connectivity index (χ0v) is 26.4. The van der Waals surface area contributed by atoms with Gasteiger partial charge in [-0.3, -0.25) is 5.14 Å². The van der Waals surface area contributed by atoms with Gasteiger partial charge in [-0.15, -0.1) is 0 Å². The number of hydrogen-bond donors (Lipinski definition) is 1. The van der Waals surface area contributed by atoms with Crippen molar-refractivity contribution < 1.29 is 13.1 Å². The summed E-state index contributed by atoms with van der Waals surface area (Å²) in [5, 5.41) is 11.9. The molecule has 0 aliphatic rings. The highest BCUT2D eigenvalue weighted by molar-refractivity contribution is 9.10. The van der Waals surface area contributed by atoms with Crippen molar-refractivity contribution in [3.05, 3.63) is 74.7 Å². The van der Waals surface area contributed by atoms with E-state index in [1.54, 1.807) is 6.07 Å². The van der Waals surface area contributed by atoms with Gasteiger partial charge >= 0.3 is 0 Å². The molecule has 196 valence electrons. The van der Waals surface area contributed by atoms with Crippen molar-refractivity contribution in [2.45, 2.75) is 57.0 Å². The lowest BCUT2D eigenvalue weighted by Gasteiger charge is -2.29. The number of rotatable bonds is 8. The Kier molecular flexibility index (Phi) is 8.26. The summed E-state index contributed by atoms with van der Waals surface area (Å²) < 4.78 is 34.8. The first-order valence-corrected chi connectivity index (χ1v) is 18.2. The monoisotopic (exact) mass is 665 g/mol. The number of pyridine rings is 1. The van der Waals surface area contributed by atoms with Gasteiger partial charge < -0.3 is 4.52 Å². The van der Waals surface area contributed by atoms with E-state index in [4.69, 9.17) is 9.66 Å². The Balaban J connectivity index is 1.88. The summed E-state index contributed by atoms with van der Waals surface area (Å²) >= 11 is 6.98. The van der Waals surface area contributed by atoms with Gasteiger partial charge in [0.15, 0.2) is 5.58 Å². The lowest BCUT2D eigenvalue weighted by atomic mass is 9.83. The Morgan fingerprint density at radius 2 is 1.84 bits per heavy atom. The normalized spacial score (nSPS) is 14.2. The van der Waals surface area contributed by atoms with Crippen molar-refractivity contribution in [1.29, 1.82) is 0 Å². The smallest absolute Gasteiger partial charge is 0.168 e. The standard InChI is InChI=1S/C27H30Br2FN3O2SSi/c1-27(2,36(31)34)15-16(12-21-25(30)23(37(3,4)5)14-24(29)32-21)18-8-6-7-9-19(18)26-20-11-10-17(28)13-22(20)35-33-26/h6-11,13-14,16H,12,15,31H2,1-5H3/t16-,36?/m0/s1. The molecular formula is C27H30Br2FN3O2SSi. The molecule has 1 unspecified atom stereocenters. The summed E-state index contributed by atoms with van der Waals surface area (Å²) in [6.07, 6.45) is 0.784. The molecule has 2 heterocycles. The van der Waals surface area contributed by atoms with Gasteiger partial charge in [-0.1, -0.05) is 65.0 Å². The van der Waals surface area contributed by atoms with Crippen LogP contribution in [0.1, 0.15) is 37.4 Å². The molecule has 0 aliphatic heterocycles. The number of hydrogen-bond acceptors (Lipinski definition) is 4. The maximum absolute atomic E-state index is 15.9. The summed E-state index contributed by atoms with van der Waals surface area (Å²) in [7, 11) is -3.55. The molecule has 10 heteroatoms. The molecule has 0 saturated heterocycles. The molecule has 37 heavy (non-hydrogen) atoms. The zero-order chi connectivity index (χ0) is 27.1. The summed E-state index contributed by atoms with van der Waals surface area (Å²) in [6.45, 7) is 10.1. The van der Waals surface area contributed by atoms with Crippen LogP contribution < -0.4 is 10.3 Å². The minimum atomic E-state index is -1.97. The topological polar surface area (TPSA) is 82.0 Å². The van der Waals surface area contributed by atoms with E-state index in [0.717, 1.165) is 26.2 Å². The van der Waals surface area contributed by atoms with E-state index in [0.29, 0.717) is 34.4 Å². The predicted octanol–water partition coefficient (Wildman–Crippen LogP) is 7.22. The van der Waals surface area contributed by atoms with Gasteiger partial charge in [0.25, 0.3) is 0 Å². The third-order valence-electron chi connectivity index (χ3n) is 6.62. The molecule has 2 aromatic carbocycles. The number of nitrogens with zero attached hydrogens (tertiary/aromatic N) is 2. The number of nitrogens with two attached hydrogens (primary N) is 1. The average molecular weight is 668 g/mol. The molecular weight excluding hydrogens is 637 g/mol. The van der Waals surface area contributed by atoms with Gasteiger partial charge in [-0.25, -0.2) is 13.6 Å². The second kappa shape index (κ2) is 10.8. The van der Waals surface area contributed by atoms with Crippen LogP contribution in [-0.4, -0.2) is 27.2 Å². The van der Waals surface area contributed by atoms with Crippen molar-refractivity contribution in [3.63, 3.8) is 0 Å². The van der Waals surface area contributed by atoms with E-state index >= 15 is 4.39 Å². The maximum Gasteiger partial charge on any atom is 0.168 e. The van der Waals surface area contributed by atoms with Gasteiger partial charge in [-0.2, -0.15) is 0 Å². The highest BCUT2D eigenvalue weighted by Gasteiger charge is 2.33. The molecule has 0 saturated carbocycles. The van der Waals surface area contributed by atoms with Crippen LogP contribution in [0, 0.1) is 5.82 Å². The fraction of sp³-hybridized carbons (Fsp3) is 0.333. The Bertz CT molecular complexity index is 1490. The molecule has 0 bridgehead atoms. The predicted molar refractivity (Wildman–Crippen MR) is 159 cm³/mol. The van der Waals surface area contributed by atoms with Gasteiger partial charge in [0.05, 0.1) is 29.5 Å². The summed E-state index contributed by atoms with van der Waals surface area (Å²) in [5.41, 5.74) is 3.60. The Morgan fingerprint density at radius 3 is 2.51 bits per heavy atom. The summed E-state index contributed by atoms with van der Waals surface area (Å²) in [4.78, 5) is 4.56. The Labute approximate surface area is 237 Å². The lowest BCUT2D eigenvalue weighted by molar-refractivity contribution is 0.458. The van der Waals surface area contributed by atoms with Crippen LogP contribution in [0.25, 0.3) is 22.2 Å². The van der Waals surface area contributed by atoms with Crippen molar-refractivity contribution in [1.82, 2.24) is 10.1 Å². The minimum Gasteiger partial charge on any atom is -0.356 e. The van der Waals surface area contributed by atoms with Gasteiger partial charge in [0.1, 0.15) is 16.1 Å². The van der Waals surface area contributed by atoms with Crippen LogP contribution in [0.15, 0.2) is 62.1 Å². The van der Waals surface area contributed by atoms with E-state index in [2.05, 4.69) is 61.6 Å². The van der Waals surface area contributed by atoms with Gasteiger partial charge in [0.2, 0.25) is 0 Å². The van der Waals surface area contributed by atoms with Crippen LogP contribution in [0.3, 0.4) is 0 Å². The Hall–Kier alpha value is -1.72. The molecule has 4 rings (SSSR count). The molecule has 0 spiro atoms. The van der Waals surface area contributed by atoms with Crippen LogP contribution >= 0.6 is 31.9 Å². The van der Waals surface area contributed by atoms with E-state index in [9.17, 15) is 4.21 Å². The lowest BCUT2D eigenvalue weighted by Crippen LogP contribution is -2.41. The van der Waals surface area contributed by atoms with Crippen molar-refractivity contribution in [3.8, 4) is 11.3 Å². The molecule has 2 aromatic heterocycles. The van der Waals surface area contributed by atoms with E-state index in [-0.39, 0.29) is 11.7 Å². The fourth-order valence-electron chi connectivity index (χ4n) is 4.60. The highest BCUT2D eigenvalue weighted by Crippen LogP contribution is 2.39. The van der Waals surface area contributed by atoms with E-state index < -0.39 is 23.8 Å². The molecule has 0 amide bonds. The maximum atomic E-state index is 15.9. The first-order valence-electron chi connectivity index (χ1n) is 11.9. The van der Waals surface area contributed by atoms with Crippen LogP contribution in [0.5, 0.6) is 0 Å². The first kappa shape index (κ1) is 28.3. The average Bonchev–Trinajstić information content (AvgIpc) is 3.22. The third-order valence-corrected chi connectivity index (χ3v) is 10.8. The number of aromatic nitrogens is 2. The molecule has 2 N–H and O–H groups in total. The van der Waals surface area contributed by atoms with Crippen LogP contribution in [-0.2, 0) is 17.4 Å². The zero-order valence-electron chi connectivity index (χ0n) is 21.4. The summed E-state index contributed by atoms with van der Waals surface area (Å²) in [6, 6.07) is 15.5. The molecule has 0 fully saturated rings.